The number of fused-ring (bicyclic) bond motifs is 2. The lowest BCUT2D eigenvalue weighted by Gasteiger charge is -2.21. The first kappa shape index (κ1) is 29.3. The molecule has 2 atom stereocenters. The minimum absolute atomic E-state index is 0.187. The van der Waals surface area contributed by atoms with E-state index in [0.717, 1.165) is 71.6 Å². The molecule has 0 amide bonds. The number of esters is 2. The number of hydrogen-bond acceptors (Lipinski definition) is 6. The summed E-state index contributed by atoms with van der Waals surface area (Å²) in [6, 6.07) is 15.9. The van der Waals surface area contributed by atoms with Crippen LogP contribution in [0.25, 0.3) is 21.5 Å². The Hall–Kier alpha value is -3.28. The molecule has 2 unspecified atom stereocenters. The number of carbonyl (C=O) groups excluding carboxylic acids is 2. The standard InChI is InChI=1S/C32H42O6/c1-5-7-9-19-29(33)37-23(3)21-35-31-25-15-11-13-17-27(25)32(28-18-14-12-16-26(28)31)36-22-24(4)38-30(34)20-10-8-6-2/h11-18,23-24H,5-10,19-22H2,1-4H3. The maximum atomic E-state index is 12.1. The van der Waals surface area contributed by atoms with Crippen LogP contribution in [0.2, 0.25) is 0 Å². The average molecular weight is 523 g/mol. The summed E-state index contributed by atoms with van der Waals surface area (Å²) in [7, 11) is 0. The molecule has 0 saturated carbocycles. The molecule has 206 valence electrons. The van der Waals surface area contributed by atoms with Gasteiger partial charge in [-0.3, -0.25) is 9.59 Å². The second-order valence-electron chi connectivity index (χ2n) is 9.89. The topological polar surface area (TPSA) is 71.1 Å². The monoisotopic (exact) mass is 522 g/mol. The van der Waals surface area contributed by atoms with Crippen molar-refractivity contribution < 1.29 is 28.5 Å². The minimum atomic E-state index is -0.370. The largest absolute Gasteiger partial charge is 0.488 e. The SMILES string of the molecule is CCCCCC(=O)OC(C)COc1c2ccccc2c(OCC(C)OC(=O)CCCCC)c2ccccc12. The lowest BCUT2D eigenvalue weighted by atomic mass is 10.0. The summed E-state index contributed by atoms with van der Waals surface area (Å²) in [6.45, 7) is 8.42. The Bertz CT molecular complexity index is 1040. The van der Waals surface area contributed by atoms with Gasteiger partial charge < -0.3 is 18.9 Å². The molecule has 0 aliphatic carbocycles. The van der Waals surface area contributed by atoms with Gasteiger partial charge in [-0.25, -0.2) is 0 Å². The van der Waals surface area contributed by atoms with Gasteiger partial charge in [0.2, 0.25) is 0 Å². The van der Waals surface area contributed by atoms with E-state index in [0.29, 0.717) is 12.8 Å². The van der Waals surface area contributed by atoms with Gasteiger partial charge in [0.15, 0.2) is 0 Å². The molecular weight excluding hydrogens is 480 g/mol. The third kappa shape index (κ3) is 8.37. The molecule has 3 aromatic rings. The van der Waals surface area contributed by atoms with Gasteiger partial charge in [0.1, 0.15) is 36.9 Å². The molecular formula is C32H42O6. The highest BCUT2D eigenvalue weighted by Gasteiger charge is 2.19. The van der Waals surface area contributed by atoms with Gasteiger partial charge >= 0.3 is 11.9 Å². The van der Waals surface area contributed by atoms with Crippen LogP contribution in [0.4, 0.5) is 0 Å². The normalized spacial score (nSPS) is 12.7. The quantitative estimate of drug-likeness (QED) is 0.109. The number of ether oxygens (including phenoxy) is 4. The third-order valence-corrected chi connectivity index (χ3v) is 6.39. The van der Waals surface area contributed by atoms with Crippen molar-refractivity contribution in [3.8, 4) is 11.5 Å². The number of benzene rings is 3. The van der Waals surface area contributed by atoms with E-state index < -0.39 is 0 Å². The third-order valence-electron chi connectivity index (χ3n) is 6.39. The molecule has 6 heteroatoms. The number of unbranched alkanes of at least 4 members (excludes halogenated alkanes) is 4. The molecule has 38 heavy (non-hydrogen) atoms. The van der Waals surface area contributed by atoms with E-state index in [-0.39, 0.29) is 37.4 Å². The van der Waals surface area contributed by atoms with E-state index in [1.807, 2.05) is 62.4 Å². The molecule has 0 spiro atoms. The first-order valence-electron chi connectivity index (χ1n) is 14.0. The smallest absolute Gasteiger partial charge is 0.306 e. The van der Waals surface area contributed by atoms with Crippen LogP contribution in [0, 0.1) is 0 Å². The first-order valence-corrected chi connectivity index (χ1v) is 14.0. The van der Waals surface area contributed by atoms with Gasteiger partial charge in [-0.05, 0) is 26.7 Å². The molecule has 0 bridgehead atoms. The van der Waals surface area contributed by atoms with Crippen LogP contribution in [-0.4, -0.2) is 37.4 Å². The summed E-state index contributed by atoms with van der Waals surface area (Å²) in [5.41, 5.74) is 0. The van der Waals surface area contributed by atoms with Gasteiger partial charge in [0, 0.05) is 34.4 Å². The molecule has 0 fully saturated rings. The predicted octanol–water partition coefficient (Wildman–Crippen LogP) is 7.77. The zero-order valence-electron chi connectivity index (χ0n) is 23.3. The van der Waals surface area contributed by atoms with Crippen molar-refractivity contribution in [2.24, 2.45) is 0 Å². The number of hydrogen-bond donors (Lipinski definition) is 0. The van der Waals surface area contributed by atoms with Crippen LogP contribution < -0.4 is 9.47 Å². The molecule has 0 radical (unpaired) electrons. The molecule has 3 aromatic carbocycles. The molecule has 0 aromatic heterocycles. The Kier molecular flexibility index (Phi) is 11.7. The maximum Gasteiger partial charge on any atom is 0.306 e. The fourth-order valence-electron chi connectivity index (χ4n) is 4.43. The fourth-order valence-corrected chi connectivity index (χ4v) is 4.43. The highest BCUT2D eigenvalue weighted by Crippen LogP contribution is 2.42. The summed E-state index contributed by atoms with van der Waals surface area (Å²) in [5.74, 6) is 1.09. The van der Waals surface area contributed by atoms with E-state index >= 15 is 0 Å². The predicted molar refractivity (Wildman–Crippen MR) is 152 cm³/mol. The van der Waals surface area contributed by atoms with E-state index in [1.54, 1.807) is 0 Å². The Balaban J connectivity index is 1.76. The zero-order chi connectivity index (χ0) is 27.3. The molecule has 0 aliphatic rings. The Morgan fingerprint density at radius 3 is 1.26 bits per heavy atom. The van der Waals surface area contributed by atoms with Gasteiger partial charge in [0.05, 0.1) is 0 Å². The summed E-state index contributed by atoms with van der Waals surface area (Å²) in [6.07, 6.45) is 5.98. The van der Waals surface area contributed by atoms with Crippen molar-refractivity contribution in [3.05, 3.63) is 48.5 Å². The molecule has 0 N–H and O–H groups in total. The molecule has 0 saturated heterocycles. The lowest BCUT2D eigenvalue weighted by Crippen LogP contribution is -2.22. The van der Waals surface area contributed by atoms with Crippen LogP contribution in [0.3, 0.4) is 0 Å². The summed E-state index contributed by atoms with van der Waals surface area (Å²) >= 11 is 0. The molecule has 0 aliphatic heterocycles. The van der Waals surface area contributed by atoms with E-state index in [2.05, 4.69) is 13.8 Å². The highest BCUT2D eigenvalue weighted by molar-refractivity contribution is 6.11. The van der Waals surface area contributed by atoms with Crippen LogP contribution in [0.5, 0.6) is 11.5 Å². The average Bonchev–Trinajstić information content (AvgIpc) is 2.90. The van der Waals surface area contributed by atoms with Crippen LogP contribution >= 0.6 is 0 Å². The summed E-state index contributed by atoms with van der Waals surface area (Å²) in [4.78, 5) is 24.3. The second kappa shape index (κ2) is 15.2. The van der Waals surface area contributed by atoms with E-state index in [9.17, 15) is 9.59 Å². The van der Waals surface area contributed by atoms with Gasteiger partial charge in [0.25, 0.3) is 0 Å². The van der Waals surface area contributed by atoms with Crippen LogP contribution in [0.1, 0.15) is 79.1 Å². The van der Waals surface area contributed by atoms with Gasteiger partial charge in [-0.2, -0.15) is 0 Å². The van der Waals surface area contributed by atoms with Crippen molar-refractivity contribution in [2.45, 2.75) is 91.3 Å². The maximum absolute atomic E-state index is 12.1. The van der Waals surface area contributed by atoms with E-state index in [1.165, 1.54) is 0 Å². The second-order valence-corrected chi connectivity index (χ2v) is 9.89. The Morgan fingerprint density at radius 1 is 0.605 bits per heavy atom. The van der Waals surface area contributed by atoms with Crippen molar-refractivity contribution in [2.75, 3.05) is 13.2 Å². The number of carbonyl (C=O) groups is 2. The van der Waals surface area contributed by atoms with Gasteiger partial charge in [-0.1, -0.05) is 88.1 Å². The molecule has 6 nitrogen and oxygen atoms in total. The van der Waals surface area contributed by atoms with Crippen LogP contribution in [-0.2, 0) is 19.1 Å². The molecule has 3 rings (SSSR count). The van der Waals surface area contributed by atoms with Crippen molar-refractivity contribution >= 4 is 33.5 Å². The Morgan fingerprint density at radius 2 is 0.947 bits per heavy atom. The Labute approximate surface area is 226 Å². The van der Waals surface area contributed by atoms with Crippen molar-refractivity contribution in [1.82, 2.24) is 0 Å². The zero-order valence-corrected chi connectivity index (χ0v) is 23.3. The first-order chi connectivity index (χ1) is 18.4. The van der Waals surface area contributed by atoms with Crippen molar-refractivity contribution in [3.63, 3.8) is 0 Å². The highest BCUT2D eigenvalue weighted by atomic mass is 16.6. The number of rotatable bonds is 16. The lowest BCUT2D eigenvalue weighted by molar-refractivity contribution is -0.150. The van der Waals surface area contributed by atoms with Crippen molar-refractivity contribution in [1.29, 1.82) is 0 Å². The molecule has 0 heterocycles. The summed E-state index contributed by atoms with van der Waals surface area (Å²) < 4.78 is 23.7. The van der Waals surface area contributed by atoms with Crippen LogP contribution in [0.15, 0.2) is 48.5 Å². The summed E-state index contributed by atoms with van der Waals surface area (Å²) in [5, 5.41) is 3.64. The van der Waals surface area contributed by atoms with Gasteiger partial charge in [-0.15, -0.1) is 0 Å². The van der Waals surface area contributed by atoms with E-state index in [4.69, 9.17) is 18.9 Å². The fraction of sp³-hybridized carbons (Fsp3) is 0.500. The minimum Gasteiger partial charge on any atom is -0.488 e.